The van der Waals surface area contributed by atoms with Gasteiger partial charge in [0, 0.05) is 32.8 Å². The normalized spacial score (nSPS) is 11.4. The molecule has 0 spiro atoms. The molecule has 2 rings (SSSR count). The first kappa shape index (κ1) is 18.7. The summed E-state index contributed by atoms with van der Waals surface area (Å²) in [6, 6.07) is 6.23. The van der Waals surface area contributed by atoms with Gasteiger partial charge >= 0.3 is 18.1 Å². The topological polar surface area (TPSA) is 80.5 Å². The monoisotopic (exact) mass is 358 g/mol. The Balaban J connectivity index is 1.98. The molecule has 0 fully saturated rings. The summed E-state index contributed by atoms with van der Waals surface area (Å²) < 4.78 is 46.4. The molecule has 0 aliphatic rings. The van der Waals surface area contributed by atoms with Crippen LogP contribution in [0, 0.1) is 0 Å². The second kappa shape index (κ2) is 7.97. The molecule has 1 aromatic carbocycles. The first-order chi connectivity index (χ1) is 11.8. The van der Waals surface area contributed by atoms with Crippen LogP contribution in [0.4, 0.5) is 18.0 Å². The van der Waals surface area contributed by atoms with Crippen molar-refractivity contribution < 1.29 is 27.2 Å². The zero-order valence-electron chi connectivity index (χ0n) is 13.6. The fraction of sp³-hybridized carbons (Fsp3) is 0.400. The van der Waals surface area contributed by atoms with E-state index >= 15 is 0 Å². The number of ether oxygens (including phenoxy) is 1. The first-order valence-electron chi connectivity index (χ1n) is 7.29. The quantitative estimate of drug-likeness (QED) is 0.803. The van der Waals surface area contributed by atoms with Crippen LogP contribution in [0.1, 0.15) is 11.5 Å². The highest BCUT2D eigenvalue weighted by atomic mass is 19.4. The van der Waals surface area contributed by atoms with E-state index in [1.54, 1.807) is 38.4 Å². The Hall–Kier alpha value is -2.62. The molecule has 0 saturated heterocycles. The van der Waals surface area contributed by atoms with Crippen molar-refractivity contribution in [1.29, 1.82) is 0 Å². The molecule has 0 aliphatic heterocycles. The average molecular weight is 358 g/mol. The third-order valence-corrected chi connectivity index (χ3v) is 3.23. The van der Waals surface area contributed by atoms with Crippen LogP contribution in [-0.2, 0) is 17.5 Å². The second-order valence-corrected chi connectivity index (χ2v) is 5.20. The van der Waals surface area contributed by atoms with Gasteiger partial charge in [-0.2, -0.15) is 18.2 Å². The van der Waals surface area contributed by atoms with Gasteiger partial charge in [-0.25, -0.2) is 4.79 Å². The SMILES string of the molecule is COCCNC(=O)N(C)Cc1ccc(-c2noc(C(F)(F)F)n2)cc1. The highest BCUT2D eigenvalue weighted by Gasteiger charge is 2.38. The van der Waals surface area contributed by atoms with Crippen LogP contribution < -0.4 is 5.32 Å². The zero-order valence-corrected chi connectivity index (χ0v) is 13.6. The zero-order chi connectivity index (χ0) is 18.4. The van der Waals surface area contributed by atoms with Crippen LogP contribution in [0.2, 0.25) is 0 Å². The summed E-state index contributed by atoms with van der Waals surface area (Å²) in [5, 5.41) is 6.00. The number of aromatic nitrogens is 2. The molecule has 1 heterocycles. The Morgan fingerprint density at radius 1 is 1.32 bits per heavy atom. The molecular formula is C15H17F3N4O3. The first-order valence-corrected chi connectivity index (χ1v) is 7.29. The van der Waals surface area contributed by atoms with Crippen LogP contribution in [0.15, 0.2) is 28.8 Å². The lowest BCUT2D eigenvalue weighted by Crippen LogP contribution is -2.38. The van der Waals surface area contributed by atoms with Crippen LogP contribution in [0.5, 0.6) is 0 Å². The molecule has 10 heteroatoms. The lowest BCUT2D eigenvalue weighted by atomic mass is 10.1. The van der Waals surface area contributed by atoms with Gasteiger partial charge in [0.1, 0.15) is 0 Å². The molecule has 0 aliphatic carbocycles. The van der Waals surface area contributed by atoms with Gasteiger partial charge in [0.05, 0.1) is 6.61 Å². The number of nitrogens with one attached hydrogen (secondary N) is 1. The van der Waals surface area contributed by atoms with E-state index in [-0.39, 0.29) is 11.9 Å². The fourth-order valence-electron chi connectivity index (χ4n) is 1.96. The van der Waals surface area contributed by atoms with Gasteiger partial charge in [-0.3, -0.25) is 0 Å². The summed E-state index contributed by atoms with van der Waals surface area (Å²) in [6.07, 6.45) is -4.68. The number of nitrogens with zero attached hydrogens (tertiary/aromatic N) is 3. The van der Waals surface area contributed by atoms with E-state index in [4.69, 9.17) is 4.74 Å². The van der Waals surface area contributed by atoms with Gasteiger partial charge in [0.25, 0.3) is 0 Å². The molecule has 1 aromatic heterocycles. The Morgan fingerprint density at radius 3 is 2.56 bits per heavy atom. The largest absolute Gasteiger partial charge is 0.471 e. The van der Waals surface area contributed by atoms with Crippen molar-refractivity contribution in [2.75, 3.05) is 27.3 Å². The summed E-state index contributed by atoms with van der Waals surface area (Å²) in [5.41, 5.74) is 1.18. The Labute approximate surface area is 141 Å². The molecule has 0 saturated carbocycles. The number of alkyl halides is 3. The van der Waals surface area contributed by atoms with Gasteiger partial charge < -0.3 is 19.5 Å². The minimum absolute atomic E-state index is 0.149. The van der Waals surface area contributed by atoms with Crippen molar-refractivity contribution in [1.82, 2.24) is 20.4 Å². The molecule has 25 heavy (non-hydrogen) atoms. The molecule has 1 N–H and O–H groups in total. The predicted molar refractivity (Wildman–Crippen MR) is 81.5 cm³/mol. The fourth-order valence-corrected chi connectivity index (χ4v) is 1.96. The van der Waals surface area contributed by atoms with E-state index in [0.717, 1.165) is 5.56 Å². The average Bonchev–Trinajstić information content (AvgIpc) is 3.06. The number of rotatable bonds is 6. The summed E-state index contributed by atoms with van der Waals surface area (Å²) in [4.78, 5) is 16.6. The molecule has 0 radical (unpaired) electrons. The summed E-state index contributed by atoms with van der Waals surface area (Å²) >= 11 is 0. The summed E-state index contributed by atoms with van der Waals surface area (Å²) in [7, 11) is 3.17. The van der Waals surface area contributed by atoms with Crippen molar-refractivity contribution in [3.63, 3.8) is 0 Å². The van der Waals surface area contributed by atoms with Gasteiger partial charge in [0.15, 0.2) is 0 Å². The van der Waals surface area contributed by atoms with Crippen LogP contribution in [-0.4, -0.2) is 48.4 Å². The van der Waals surface area contributed by atoms with Gasteiger partial charge in [-0.15, -0.1) is 0 Å². The predicted octanol–water partition coefficient (Wildman–Crippen LogP) is 2.54. The number of benzene rings is 1. The van der Waals surface area contributed by atoms with Crippen molar-refractivity contribution in [2.45, 2.75) is 12.7 Å². The molecule has 0 unspecified atom stereocenters. The number of halogens is 3. The van der Waals surface area contributed by atoms with Crippen molar-refractivity contribution in [2.24, 2.45) is 0 Å². The van der Waals surface area contributed by atoms with E-state index in [2.05, 4.69) is 20.0 Å². The van der Waals surface area contributed by atoms with E-state index < -0.39 is 12.1 Å². The third-order valence-electron chi connectivity index (χ3n) is 3.23. The number of hydrogen-bond acceptors (Lipinski definition) is 5. The number of carbonyl (C=O) groups excluding carboxylic acids is 1. The standard InChI is InChI=1S/C15H17F3N4O3/c1-22(14(23)19-7-8-24-2)9-10-3-5-11(6-4-10)12-20-13(25-21-12)15(16,17)18/h3-6H,7-9H2,1-2H3,(H,19,23). The minimum atomic E-state index is -4.68. The Bertz CT molecular complexity index is 701. The van der Waals surface area contributed by atoms with Crippen LogP contribution in [0.25, 0.3) is 11.4 Å². The van der Waals surface area contributed by atoms with Crippen molar-refractivity contribution in [3.05, 3.63) is 35.7 Å². The summed E-state index contributed by atoms with van der Waals surface area (Å²) in [6.45, 7) is 1.15. The van der Waals surface area contributed by atoms with Crippen molar-refractivity contribution >= 4 is 6.03 Å². The highest BCUT2D eigenvalue weighted by Crippen LogP contribution is 2.29. The highest BCUT2D eigenvalue weighted by molar-refractivity contribution is 5.73. The van der Waals surface area contributed by atoms with Crippen LogP contribution >= 0.6 is 0 Å². The number of amides is 2. The molecule has 0 bridgehead atoms. The van der Waals surface area contributed by atoms with Gasteiger partial charge in [-0.05, 0) is 5.56 Å². The second-order valence-electron chi connectivity index (χ2n) is 5.20. The number of methoxy groups -OCH3 is 1. The van der Waals surface area contributed by atoms with E-state index in [9.17, 15) is 18.0 Å². The lowest BCUT2D eigenvalue weighted by molar-refractivity contribution is -0.159. The molecular weight excluding hydrogens is 341 g/mol. The van der Waals surface area contributed by atoms with E-state index in [1.807, 2.05) is 0 Å². The Morgan fingerprint density at radius 2 is 2.00 bits per heavy atom. The molecule has 136 valence electrons. The van der Waals surface area contributed by atoms with Gasteiger partial charge in [0.2, 0.25) is 5.82 Å². The maximum Gasteiger partial charge on any atom is 0.471 e. The van der Waals surface area contributed by atoms with Gasteiger partial charge in [-0.1, -0.05) is 29.4 Å². The van der Waals surface area contributed by atoms with E-state index in [0.29, 0.717) is 25.3 Å². The minimum Gasteiger partial charge on any atom is -0.383 e. The number of urea groups is 1. The van der Waals surface area contributed by atoms with Crippen molar-refractivity contribution in [3.8, 4) is 11.4 Å². The third kappa shape index (κ3) is 5.18. The lowest BCUT2D eigenvalue weighted by Gasteiger charge is -2.18. The molecule has 7 nitrogen and oxygen atoms in total. The molecule has 2 aromatic rings. The number of carbonyl (C=O) groups is 1. The number of hydrogen-bond donors (Lipinski definition) is 1. The van der Waals surface area contributed by atoms with E-state index in [1.165, 1.54) is 4.90 Å². The maximum absolute atomic E-state index is 12.5. The smallest absolute Gasteiger partial charge is 0.383 e. The molecule has 2 amide bonds. The van der Waals surface area contributed by atoms with Crippen LogP contribution in [0.3, 0.4) is 0 Å². The molecule has 0 atom stereocenters. The summed E-state index contributed by atoms with van der Waals surface area (Å²) in [5.74, 6) is -1.54. The maximum atomic E-state index is 12.5. The Kier molecular flexibility index (Phi) is 5.97.